The van der Waals surface area contributed by atoms with Gasteiger partial charge in [-0.3, -0.25) is 9.88 Å². The van der Waals surface area contributed by atoms with Crippen LogP contribution in [0.1, 0.15) is 18.4 Å². The van der Waals surface area contributed by atoms with Crippen LogP contribution in [0.15, 0.2) is 55.5 Å². The summed E-state index contributed by atoms with van der Waals surface area (Å²) in [6.45, 7) is 9.36. The Morgan fingerprint density at radius 3 is 2.96 bits per heavy atom. The average molecular weight is 304 g/mol. The summed E-state index contributed by atoms with van der Waals surface area (Å²) < 4.78 is 0. The third-order valence-corrected chi connectivity index (χ3v) is 4.52. The van der Waals surface area contributed by atoms with E-state index in [4.69, 9.17) is 0 Å². The number of pyridine rings is 1. The van der Waals surface area contributed by atoms with E-state index < -0.39 is 0 Å². The van der Waals surface area contributed by atoms with Crippen molar-refractivity contribution in [3.05, 3.63) is 61.1 Å². The zero-order valence-corrected chi connectivity index (χ0v) is 13.4. The van der Waals surface area contributed by atoms with E-state index in [0.717, 1.165) is 29.7 Å². The maximum absolute atomic E-state index is 9.29. The zero-order valence-electron chi connectivity index (χ0n) is 13.4. The molecule has 0 amide bonds. The fourth-order valence-corrected chi connectivity index (χ4v) is 3.32. The molecule has 0 N–H and O–H groups in total. The molecule has 3 rings (SSSR count). The number of nitriles is 1. The van der Waals surface area contributed by atoms with Crippen LogP contribution in [0, 0.1) is 11.3 Å². The van der Waals surface area contributed by atoms with Gasteiger partial charge in [-0.05, 0) is 50.7 Å². The lowest BCUT2D eigenvalue weighted by Gasteiger charge is -2.31. The first kappa shape index (κ1) is 15.3. The maximum Gasteiger partial charge on any atom is 0.101 e. The first-order valence-corrected chi connectivity index (χ1v) is 7.76. The van der Waals surface area contributed by atoms with Crippen molar-refractivity contribution in [1.82, 2.24) is 9.88 Å². The summed E-state index contributed by atoms with van der Waals surface area (Å²) >= 11 is 0. The molecule has 1 aromatic carbocycles. The highest BCUT2D eigenvalue weighted by molar-refractivity contribution is 5.96. The number of anilines is 1. The normalized spacial score (nSPS) is 17.8. The highest BCUT2D eigenvalue weighted by Crippen LogP contribution is 2.33. The Labute approximate surface area is 137 Å². The summed E-state index contributed by atoms with van der Waals surface area (Å²) in [5.74, 6) is 0. The van der Waals surface area contributed by atoms with Crippen molar-refractivity contribution >= 4 is 16.6 Å². The van der Waals surface area contributed by atoms with E-state index in [-0.39, 0.29) is 0 Å². The van der Waals surface area contributed by atoms with Gasteiger partial charge in [0.2, 0.25) is 0 Å². The third kappa shape index (κ3) is 2.60. The first-order valence-electron chi connectivity index (χ1n) is 7.76. The Morgan fingerprint density at radius 2 is 2.30 bits per heavy atom. The number of likely N-dealkylation sites (tertiary alicyclic amines) is 1. The molecule has 1 aromatic heterocycles. The molecule has 0 spiro atoms. The van der Waals surface area contributed by atoms with E-state index >= 15 is 0 Å². The van der Waals surface area contributed by atoms with Crippen molar-refractivity contribution in [2.45, 2.75) is 18.9 Å². The minimum atomic E-state index is 0.315. The molecule has 0 saturated carbocycles. The van der Waals surface area contributed by atoms with Gasteiger partial charge in [0.05, 0.1) is 16.8 Å². The molecule has 1 unspecified atom stereocenters. The van der Waals surface area contributed by atoms with E-state index in [1.54, 1.807) is 12.4 Å². The van der Waals surface area contributed by atoms with Gasteiger partial charge < -0.3 is 4.90 Å². The molecule has 2 heterocycles. The number of aromatic nitrogens is 1. The number of benzene rings is 1. The van der Waals surface area contributed by atoms with Crippen LogP contribution in [-0.2, 0) is 0 Å². The fraction of sp³-hybridized carbons (Fsp3) is 0.263. The molecule has 23 heavy (non-hydrogen) atoms. The van der Waals surface area contributed by atoms with Crippen molar-refractivity contribution < 1.29 is 0 Å². The van der Waals surface area contributed by atoms with E-state index in [1.807, 2.05) is 29.2 Å². The van der Waals surface area contributed by atoms with Gasteiger partial charge in [0, 0.05) is 29.5 Å². The molecule has 0 bridgehead atoms. The van der Waals surface area contributed by atoms with Crippen LogP contribution in [0.4, 0.5) is 5.69 Å². The van der Waals surface area contributed by atoms with Crippen LogP contribution in [0.2, 0.25) is 0 Å². The van der Waals surface area contributed by atoms with E-state index in [1.165, 1.54) is 6.42 Å². The molecule has 116 valence electrons. The van der Waals surface area contributed by atoms with Gasteiger partial charge in [0.25, 0.3) is 0 Å². The molecule has 4 heteroatoms. The second-order valence-corrected chi connectivity index (χ2v) is 5.83. The van der Waals surface area contributed by atoms with Crippen molar-refractivity contribution in [2.24, 2.45) is 0 Å². The highest BCUT2D eigenvalue weighted by atomic mass is 15.2. The number of hydrogen-bond acceptors (Lipinski definition) is 4. The molecule has 1 aliphatic heterocycles. The monoisotopic (exact) mass is 304 g/mol. The number of rotatable bonds is 4. The van der Waals surface area contributed by atoms with Crippen LogP contribution >= 0.6 is 0 Å². The van der Waals surface area contributed by atoms with Crippen molar-refractivity contribution in [2.75, 3.05) is 18.5 Å². The smallest absolute Gasteiger partial charge is 0.101 e. The van der Waals surface area contributed by atoms with Gasteiger partial charge in [-0.2, -0.15) is 5.26 Å². The fourth-order valence-electron chi connectivity index (χ4n) is 3.32. The van der Waals surface area contributed by atoms with Crippen molar-refractivity contribution in [1.29, 1.82) is 5.26 Å². The van der Waals surface area contributed by atoms with Gasteiger partial charge in [0.15, 0.2) is 0 Å². The molecule has 0 radical (unpaired) electrons. The molecule has 4 nitrogen and oxygen atoms in total. The molecular formula is C19H20N4. The quantitative estimate of drug-likeness (QED) is 0.864. The van der Waals surface area contributed by atoms with Crippen LogP contribution in [0.5, 0.6) is 0 Å². The van der Waals surface area contributed by atoms with Gasteiger partial charge in [-0.1, -0.05) is 13.2 Å². The highest BCUT2D eigenvalue weighted by Gasteiger charge is 2.27. The molecule has 2 aromatic rings. The lowest BCUT2D eigenvalue weighted by atomic mass is 10.1. The van der Waals surface area contributed by atoms with E-state index in [0.29, 0.717) is 17.1 Å². The van der Waals surface area contributed by atoms with Crippen LogP contribution in [-0.4, -0.2) is 29.5 Å². The van der Waals surface area contributed by atoms with Gasteiger partial charge in [0.1, 0.15) is 6.07 Å². The number of likely N-dealkylation sites (N-methyl/N-ethyl adjacent to an activating group) is 1. The first-order chi connectivity index (χ1) is 11.2. The van der Waals surface area contributed by atoms with E-state index in [9.17, 15) is 5.26 Å². The number of nitrogens with zero attached hydrogens (tertiary/aromatic N) is 4. The average Bonchev–Trinajstić information content (AvgIpc) is 3.01. The zero-order chi connectivity index (χ0) is 16.4. The van der Waals surface area contributed by atoms with Gasteiger partial charge in [-0.15, -0.1) is 0 Å². The maximum atomic E-state index is 9.29. The predicted molar refractivity (Wildman–Crippen MR) is 93.9 cm³/mol. The predicted octanol–water partition coefficient (Wildman–Crippen LogP) is 3.66. The third-order valence-electron chi connectivity index (χ3n) is 4.52. The lowest BCUT2D eigenvalue weighted by Crippen LogP contribution is -2.33. The minimum Gasteiger partial charge on any atom is -0.320 e. The summed E-state index contributed by atoms with van der Waals surface area (Å²) in [5.41, 5.74) is 3.27. The van der Waals surface area contributed by atoms with E-state index in [2.05, 4.69) is 36.2 Å². The summed E-state index contributed by atoms with van der Waals surface area (Å²) in [4.78, 5) is 8.73. The molecule has 1 saturated heterocycles. The Hall–Kier alpha value is -2.64. The van der Waals surface area contributed by atoms with Crippen molar-refractivity contribution in [3.8, 4) is 6.07 Å². The van der Waals surface area contributed by atoms with Gasteiger partial charge in [-0.25, -0.2) is 0 Å². The molecule has 1 fully saturated rings. The molecule has 1 atom stereocenters. The molecular weight excluding hydrogens is 284 g/mol. The Bertz CT molecular complexity index is 803. The Kier molecular flexibility index (Phi) is 4.14. The SMILES string of the molecule is C=CN(C(=C)C1CCCN1C)c1ccc(C#N)c2ncccc12. The number of hydrogen-bond donors (Lipinski definition) is 0. The second kappa shape index (κ2) is 6.23. The summed E-state index contributed by atoms with van der Waals surface area (Å²) in [5, 5.41) is 10.2. The lowest BCUT2D eigenvalue weighted by molar-refractivity contribution is 0.343. The topological polar surface area (TPSA) is 43.2 Å². The van der Waals surface area contributed by atoms with Crippen LogP contribution < -0.4 is 4.90 Å². The molecule has 0 aliphatic carbocycles. The summed E-state index contributed by atoms with van der Waals surface area (Å²) in [7, 11) is 2.13. The second-order valence-electron chi connectivity index (χ2n) is 5.83. The summed E-state index contributed by atoms with van der Waals surface area (Å²) in [6.07, 6.45) is 5.79. The van der Waals surface area contributed by atoms with Gasteiger partial charge >= 0.3 is 0 Å². The molecule has 1 aliphatic rings. The van der Waals surface area contributed by atoms with Crippen molar-refractivity contribution in [3.63, 3.8) is 0 Å². The standard InChI is InChI=1S/C19H20N4/c1-4-23(14(2)17-8-6-12-22(17)3)18-10-9-15(13-20)19-16(18)7-5-11-21-19/h4-5,7,9-11,17H,1-2,6,8,12H2,3H3. The minimum absolute atomic E-state index is 0.315. The Balaban J connectivity index is 2.09. The Morgan fingerprint density at radius 1 is 1.48 bits per heavy atom. The number of fused-ring (bicyclic) bond motifs is 1. The largest absolute Gasteiger partial charge is 0.320 e. The van der Waals surface area contributed by atoms with Crippen LogP contribution in [0.25, 0.3) is 10.9 Å². The summed E-state index contributed by atoms with van der Waals surface area (Å²) in [6, 6.07) is 10.2. The van der Waals surface area contributed by atoms with Crippen LogP contribution in [0.3, 0.4) is 0 Å².